The van der Waals surface area contributed by atoms with Crippen molar-refractivity contribution in [3.8, 4) is 12.3 Å². The van der Waals surface area contributed by atoms with E-state index in [1.165, 1.54) is 77.0 Å². The van der Waals surface area contributed by atoms with Crippen molar-refractivity contribution in [2.75, 3.05) is 159 Å². The Bertz CT molecular complexity index is 667. The summed E-state index contributed by atoms with van der Waals surface area (Å²) in [6.07, 6.45) is 22.9. The van der Waals surface area contributed by atoms with Crippen LogP contribution >= 0.6 is 0 Å². The smallest absolute Gasteiger partial charge is 0.107 e. The van der Waals surface area contributed by atoms with Gasteiger partial charge in [-0.2, -0.15) is 0 Å². The lowest BCUT2D eigenvalue weighted by atomic mass is 10.0. The molecular weight excluding hydrogens is 672 g/mol. The molecule has 0 aromatic carbocycles. The first-order valence-electron chi connectivity index (χ1n) is 20.3. The van der Waals surface area contributed by atoms with Crippen molar-refractivity contribution in [3.05, 3.63) is 0 Å². The van der Waals surface area contributed by atoms with Crippen LogP contribution in [0.1, 0.15) is 90.4 Å². The molecule has 0 heterocycles. The summed E-state index contributed by atoms with van der Waals surface area (Å²) in [7, 11) is 0. The van der Waals surface area contributed by atoms with Gasteiger partial charge in [0.25, 0.3) is 0 Å². The van der Waals surface area contributed by atoms with Gasteiger partial charge in [0.1, 0.15) is 6.61 Å². The first-order valence-corrected chi connectivity index (χ1v) is 20.3. The van der Waals surface area contributed by atoms with Crippen molar-refractivity contribution in [3.63, 3.8) is 0 Å². The topological polar surface area (TPSA) is 111 Å². The second kappa shape index (κ2) is 50.1. The maximum Gasteiger partial charge on any atom is 0.107 e. The molecule has 0 N–H and O–H groups in total. The molecule has 0 aromatic heterocycles. The van der Waals surface area contributed by atoms with Gasteiger partial charge in [-0.05, 0) is 6.42 Å². The summed E-state index contributed by atoms with van der Waals surface area (Å²) in [6, 6.07) is 0. The van der Waals surface area contributed by atoms with E-state index in [1.807, 2.05) is 0 Å². The maximum atomic E-state index is 5.68. The van der Waals surface area contributed by atoms with E-state index >= 15 is 0 Å². The van der Waals surface area contributed by atoms with Crippen molar-refractivity contribution < 1.29 is 56.8 Å². The zero-order chi connectivity index (χ0) is 37.4. The molecule has 0 unspecified atom stereocenters. The van der Waals surface area contributed by atoms with Crippen LogP contribution in [-0.2, 0) is 56.8 Å². The van der Waals surface area contributed by atoms with Crippen LogP contribution in [0, 0.1) is 12.3 Å². The average Bonchev–Trinajstić information content (AvgIpc) is 3.16. The van der Waals surface area contributed by atoms with Crippen LogP contribution in [0.2, 0.25) is 0 Å². The molecule has 12 heteroatoms. The van der Waals surface area contributed by atoms with Gasteiger partial charge in [0.2, 0.25) is 0 Å². The second-order valence-electron chi connectivity index (χ2n) is 12.2. The van der Waals surface area contributed by atoms with Crippen LogP contribution in [0.15, 0.2) is 0 Å². The van der Waals surface area contributed by atoms with E-state index in [4.69, 9.17) is 63.3 Å². The molecule has 0 radical (unpaired) electrons. The van der Waals surface area contributed by atoms with Crippen LogP contribution in [0.4, 0.5) is 0 Å². The lowest BCUT2D eigenvalue weighted by Gasteiger charge is -2.09. The lowest BCUT2D eigenvalue weighted by Crippen LogP contribution is -2.15. The van der Waals surface area contributed by atoms with E-state index in [2.05, 4.69) is 12.8 Å². The van der Waals surface area contributed by atoms with Crippen LogP contribution in [0.3, 0.4) is 0 Å². The fourth-order valence-electron chi connectivity index (χ4n) is 4.77. The van der Waals surface area contributed by atoms with E-state index in [0.717, 1.165) is 13.0 Å². The molecule has 310 valence electrons. The molecule has 0 aliphatic heterocycles. The fraction of sp³-hybridized carbons (Fsp3) is 0.950. The van der Waals surface area contributed by atoms with Gasteiger partial charge < -0.3 is 56.8 Å². The third-order valence-corrected chi connectivity index (χ3v) is 7.67. The van der Waals surface area contributed by atoms with Gasteiger partial charge in [-0.25, -0.2) is 0 Å². The van der Waals surface area contributed by atoms with Gasteiger partial charge in [-0.1, -0.05) is 89.9 Å². The van der Waals surface area contributed by atoms with Crippen molar-refractivity contribution in [2.24, 2.45) is 0 Å². The first kappa shape index (κ1) is 51.1. The quantitative estimate of drug-likeness (QED) is 0.0545. The molecule has 0 aliphatic carbocycles. The molecule has 0 aromatic rings. The monoisotopic (exact) mass is 751 g/mol. The first-order chi connectivity index (χ1) is 25.9. The SMILES string of the molecule is C#CCOCCOCCOCCOCCOCCOCCOCCOCCOCCOCCOCCOCCCCCCCCCCCCCCC. The fourth-order valence-corrected chi connectivity index (χ4v) is 4.77. The maximum absolute atomic E-state index is 5.68. The van der Waals surface area contributed by atoms with Crippen LogP contribution in [-0.4, -0.2) is 159 Å². The average molecular weight is 751 g/mol. The Balaban J connectivity index is 3.05. The van der Waals surface area contributed by atoms with Crippen molar-refractivity contribution in [1.29, 1.82) is 0 Å². The second-order valence-corrected chi connectivity index (χ2v) is 12.2. The largest absolute Gasteiger partial charge is 0.379 e. The number of unbranched alkanes of at least 4 members (excludes halogenated alkanes) is 12. The highest BCUT2D eigenvalue weighted by Gasteiger charge is 1.98. The summed E-state index contributed by atoms with van der Waals surface area (Å²) in [6.45, 7) is 15.1. The highest BCUT2D eigenvalue weighted by molar-refractivity contribution is 4.82. The molecule has 12 nitrogen and oxygen atoms in total. The molecule has 52 heavy (non-hydrogen) atoms. The summed E-state index contributed by atoms with van der Waals surface area (Å²) >= 11 is 0. The van der Waals surface area contributed by atoms with E-state index < -0.39 is 0 Å². The minimum Gasteiger partial charge on any atom is -0.379 e. The van der Waals surface area contributed by atoms with E-state index in [9.17, 15) is 0 Å². The highest BCUT2D eigenvalue weighted by Crippen LogP contribution is 2.12. The standard InChI is InChI=1S/C40H78O12/c1-3-5-6-7-8-9-10-11-12-13-14-15-16-18-42-20-22-44-24-26-46-28-30-48-32-34-50-36-38-52-40-39-51-37-35-49-33-31-47-29-27-45-25-23-43-21-19-41-17-4-2/h2H,3,5-40H2,1H3. The third kappa shape index (κ3) is 49.1. The molecular formula is C40H78O12. The molecule has 0 atom stereocenters. The van der Waals surface area contributed by atoms with Gasteiger partial charge in [0.15, 0.2) is 0 Å². The van der Waals surface area contributed by atoms with E-state index in [0.29, 0.717) is 152 Å². The Morgan fingerprint density at radius 3 is 0.673 bits per heavy atom. The zero-order valence-electron chi connectivity index (χ0n) is 33.1. The predicted molar refractivity (Wildman–Crippen MR) is 204 cm³/mol. The number of ether oxygens (including phenoxy) is 12. The minimum absolute atomic E-state index is 0.309. The van der Waals surface area contributed by atoms with Crippen molar-refractivity contribution >= 4 is 0 Å². The Hall–Kier alpha value is -0.920. The summed E-state index contributed by atoms with van der Waals surface area (Å²) in [5, 5.41) is 0. The summed E-state index contributed by atoms with van der Waals surface area (Å²) in [5.41, 5.74) is 0. The molecule has 0 fully saturated rings. The molecule has 0 aliphatic rings. The highest BCUT2D eigenvalue weighted by atomic mass is 16.6. The Morgan fingerprint density at radius 1 is 0.250 bits per heavy atom. The van der Waals surface area contributed by atoms with Gasteiger partial charge in [-0.3, -0.25) is 0 Å². The van der Waals surface area contributed by atoms with Crippen molar-refractivity contribution in [2.45, 2.75) is 90.4 Å². The molecule has 0 rings (SSSR count). The molecule has 0 saturated heterocycles. The van der Waals surface area contributed by atoms with Crippen LogP contribution < -0.4 is 0 Å². The van der Waals surface area contributed by atoms with Gasteiger partial charge in [-0.15, -0.1) is 6.42 Å². The van der Waals surface area contributed by atoms with Gasteiger partial charge in [0, 0.05) is 6.61 Å². The molecule has 0 amide bonds. The summed E-state index contributed by atoms with van der Waals surface area (Å²) in [5.74, 6) is 2.40. The molecule has 0 spiro atoms. The van der Waals surface area contributed by atoms with E-state index in [1.54, 1.807) is 0 Å². The number of terminal acetylenes is 1. The predicted octanol–water partition coefficient (Wildman–Crippen LogP) is 5.91. The third-order valence-electron chi connectivity index (χ3n) is 7.67. The summed E-state index contributed by atoms with van der Waals surface area (Å²) < 4.78 is 65.6. The Kier molecular flexibility index (Phi) is 49.2. The number of hydrogen-bond acceptors (Lipinski definition) is 12. The van der Waals surface area contributed by atoms with E-state index in [-0.39, 0.29) is 0 Å². The lowest BCUT2D eigenvalue weighted by molar-refractivity contribution is -0.0281. The van der Waals surface area contributed by atoms with Crippen LogP contribution in [0.25, 0.3) is 0 Å². The minimum atomic E-state index is 0.309. The zero-order valence-corrected chi connectivity index (χ0v) is 33.1. The molecule has 0 bridgehead atoms. The number of hydrogen-bond donors (Lipinski definition) is 0. The van der Waals surface area contributed by atoms with Gasteiger partial charge in [0.05, 0.1) is 145 Å². The van der Waals surface area contributed by atoms with Gasteiger partial charge >= 0.3 is 0 Å². The van der Waals surface area contributed by atoms with Crippen LogP contribution in [0.5, 0.6) is 0 Å². The Labute approximate surface area is 317 Å². The normalized spacial score (nSPS) is 11.5. The van der Waals surface area contributed by atoms with Crippen molar-refractivity contribution in [1.82, 2.24) is 0 Å². The summed E-state index contributed by atoms with van der Waals surface area (Å²) in [4.78, 5) is 0. The number of rotatable bonds is 48. The Morgan fingerprint density at radius 2 is 0.442 bits per heavy atom. The molecule has 0 saturated carbocycles.